The molecule has 0 unspecified atom stereocenters. The third-order valence-corrected chi connectivity index (χ3v) is 5.68. The van der Waals surface area contributed by atoms with Crippen molar-refractivity contribution in [2.45, 2.75) is 11.2 Å². The highest BCUT2D eigenvalue weighted by molar-refractivity contribution is 7.99. The van der Waals surface area contributed by atoms with E-state index in [2.05, 4.69) is 39.4 Å². The van der Waals surface area contributed by atoms with Crippen molar-refractivity contribution < 1.29 is 4.79 Å². The smallest absolute Gasteiger partial charge is 0.233 e. The quantitative estimate of drug-likeness (QED) is 0.441. The van der Waals surface area contributed by atoms with Gasteiger partial charge in [0, 0.05) is 12.6 Å². The zero-order chi connectivity index (χ0) is 20.8. The van der Waals surface area contributed by atoms with E-state index in [0.29, 0.717) is 11.0 Å². The van der Waals surface area contributed by atoms with E-state index in [1.54, 1.807) is 4.90 Å². The Bertz CT molecular complexity index is 1040. The molecule has 5 nitrogen and oxygen atoms in total. The van der Waals surface area contributed by atoms with Crippen molar-refractivity contribution in [1.82, 2.24) is 20.1 Å². The summed E-state index contributed by atoms with van der Waals surface area (Å²) in [7, 11) is 1.85. The minimum absolute atomic E-state index is 0.0174. The maximum atomic E-state index is 13.0. The number of H-pyrrole nitrogens is 1. The van der Waals surface area contributed by atoms with Gasteiger partial charge in [-0.1, -0.05) is 103 Å². The molecule has 1 amide bonds. The monoisotopic (exact) mass is 414 g/mol. The first-order chi connectivity index (χ1) is 14.7. The SMILES string of the molecule is CN(C(=O)CSc1n[nH]c(-c2ccccc2)n1)C(c1ccccc1)c1ccccc1. The number of hydrogen-bond acceptors (Lipinski definition) is 4. The lowest BCUT2D eigenvalue weighted by atomic mass is 9.97. The number of hydrogen-bond donors (Lipinski definition) is 1. The highest BCUT2D eigenvalue weighted by Gasteiger charge is 2.23. The molecule has 0 bridgehead atoms. The predicted octanol–water partition coefficient (Wildman–Crippen LogP) is 4.81. The zero-order valence-corrected chi connectivity index (χ0v) is 17.4. The predicted molar refractivity (Wildman–Crippen MR) is 120 cm³/mol. The van der Waals surface area contributed by atoms with Gasteiger partial charge in [0.1, 0.15) is 0 Å². The molecule has 1 heterocycles. The molecule has 4 rings (SSSR count). The number of carbonyl (C=O) groups excluding carboxylic acids is 1. The van der Waals surface area contributed by atoms with Gasteiger partial charge in [-0.25, -0.2) is 4.98 Å². The number of benzene rings is 3. The molecule has 3 aromatic carbocycles. The van der Waals surface area contributed by atoms with E-state index in [9.17, 15) is 4.79 Å². The van der Waals surface area contributed by atoms with Crippen LogP contribution in [0.25, 0.3) is 11.4 Å². The van der Waals surface area contributed by atoms with Crippen molar-refractivity contribution in [1.29, 1.82) is 0 Å². The molecule has 150 valence electrons. The minimum atomic E-state index is -0.146. The maximum Gasteiger partial charge on any atom is 0.233 e. The Kier molecular flexibility index (Phi) is 6.25. The van der Waals surface area contributed by atoms with Gasteiger partial charge >= 0.3 is 0 Å². The van der Waals surface area contributed by atoms with Crippen molar-refractivity contribution in [3.63, 3.8) is 0 Å². The molecule has 0 aliphatic heterocycles. The summed E-state index contributed by atoms with van der Waals surface area (Å²) >= 11 is 1.34. The van der Waals surface area contributed by atoms with E-state index in [-0.39, 0.29) is 17.7 Å². The molecular formula is C24H22N4OS. The second-order valence-corrected chi connectivity index (χ2v) is 7.79. The molecule has 1 aromatic heterocycles. The molecular weight excluding hydrogens is 392 g/mol. The molecule has 6 heteroatoms. The van der Waals surface area contributed by atoms with Crippen LogP contribution in [0.1, 0.15) is 17.2 Å². The fourth-order valence-corrected chi connectivity index (χ4v) is 4.04. The number of aromatic amines is 1. The van der Waals surface area contributed by atoms with Crippen LogP contribution in [-0.4, -0.2) is 38.8 Å². The average molecular weight is 415 g/mol. The molecule has 0 saturated heterocycles. The average Bonchev–Trinajstić information content (AvgIpc) is 3.29. The van der Waals surface area contributed by atoms with E-state index in [0.717, 1.165) is 16.7 Å². The number of thioether (sulfide) groups is 1. The molecule has 1 N–H and O–H groups in total. The molecule has 0 aliphatic carbocycles. The molecule has 4 aromatic rings. The molecule has 0 aliphatic rings. The first-order valence-electron chi connectivity index (χ1n) is 9.68. The highest BCUT2D eigenvalue weighted by atomic mass is 32.2. The van der Waals surface area contributed by atoms with Crippen molar-refractivity contribution in [2.75, 3.05) is 12.8 Å². The van der Waals surface area contributed by atoms with Gasteiger partial charge in [0.15, 0.2) is 5.82 Å². The van der Waals surface area contributed by atoms with Crippen LogP contribution >= 0.6 is 11.8 Å². The topological polar surface area (TPSA) is 61.9 Å². The van der Waals surface area contributed by atoms with Crippen LogP contribution in [-0.2, 0) is 4.79 Å². The molecule has 0 radical (unpaired) electrons. The lowest BCUT2D eigenvalue weighted by Crippen LogP contribution is -2.33. The zero-order valence-electron chi connectivity index (χ0n) is 16.6. The van der Waals surface area contributed by atoms with Gasteiger partial charge < -0.3 is 4.90 Å². The Morgan fingerprint density at radius 3 is 2.00 bits per heavy atom. The number of nitrogens with zero attached hydrogens (tertiary/aromatic N) is 3. The Morgan fingerprint density at radius 1 is 0.900 bits per heavy atom. The fourth-order valence-electron chi connectivity index (χ4n) is 3.32. The van der Waals surface area contributed by atoms with Crippen LogP contribution in [0.15, 0.2) is 96.2 Å². The van der Waals surface area contributed by atoms with Gasteiger partial charge in [0.05, 0.1) is 11.8 Å². The molecule has 0 atom stereocenters. The molecule has 0 saturated carbocycles. The Labute approximate surface area is 180 Å². The Hall–Kier alpha value is -3.38. The third-order valence-electron chi connectivity index (χ3n) is 4.85. The summed E-state index contributed by atoms with van der Waals surface area (Å²) in [5.41, 5.74) is 3.12. The third kappa shape index (κ3) is 4.60. The number of nitrogens with one attached hydrogen (secondary N) is 1. The second kappa shape index (κ2) is 9.41. The van der Waals surface area contributed by atoms with Gasteiger partial charge in [-0.15, -0.1) is 5.10 Å². The van der Waals surface area contributed by atoms with Crippen LogP contribution < -0.4 is 0 Å². The summed E-state index contributed by atoms with van der Waals surface area (Å²) in [4.78, 5) is 19.3. The van der Waals surface area contributed by atoms with Gasteiger partial charge in [-0.05, 0) is 11.1 Å². The lowest BCUT2D eigenvalue weighted by molar-refractivity contribution is -0.128. The van der Waals surface area contributed by atoms with E-state index in [1.165, 1.54) is 11.8 Å². The summed E-state index contributed by atoms with van der Waals surface area (Å²) in [5.74, 6) is 0.979. The number of aromatic nitrogens is 3. The van der Waals surface area contributed by atoms with Crippen LogP contribution in [0.2, 0.25) is 0 Å². The first kappa shape index (κ1) is 19.9. The molecule has 0 spiro atoms. The minimum Gasteiger partial charge on any atom is -0.334 e. The van der Waals surface area contributed by atoms with Crippen molar-refractivity contribution in [3.8, 4) is 11.4 Å². The lowest BCUT2D eigenvalue weighted by Gasteiger charge is -2.29. The number of carbonyl (C=O) groups is 1. The normalized spacial score (nSPS) is 10.9. The van der Waals surface area contributed by atoms with E-state index >= 15 is 0 Å². The van der Waals surface area contributed by atoms with E-state index in [1.807, 2.05) is 73.8 Å². The van der Waals surface area contributed by atoms with Crippen molar-refractivity contribution >= 4 is 17.7 Å². The van der Waals surface area contributed by atoms with E-state index in [4.69, 9.17) is 0 Å². The van der Waals surface area contributed by atoms with Crippen LogP contribution in [0.3, 0.4) is 0 Å². The van der Waals surface area contributed by atoms with Crippen LogP contribution in [0, 0.1) is 0 Å². The Morgan fingerprint density at radius 2 is 1.43 bits per heavy atom. The van der Waals surface area contributed by atoms with Crippen LogP contribution in [0.4, 0.5) is 0 Å². The van der Waals surface area contributed by atoms with Crippen molar-refractivity contribution in [2.24, 2.45) is 0 Å². The number of rotatable bonds is 7. The summed E-state index contributed by atoms with van der Waals surface area (Å²) in [5, 5.41) is 7.75. The summed E-state index contributed by atoms with van der Waals surface area (Å²) in [6.07, 6.45) is 0. The maximum absolute atomic E-state index is 13.0. The second-order valence-electron chi connectivity index (χ2n) is 6.85. The standard InChI is InChI=1S/C24H22N4OS/c1-28(22(18-11-5-2-6-12-18)19-13-7-3-8-14-19)21(29)17-30-24-25-23(26-27-24)20-15-9-4-10-16-20/h2-16,22H,17H2,1H3,(H,25,26,27). The summed E-state index contributed by atoms with van der Waals surface area (Å²) in [6, 6.07) is 29.8. The van der Waals surface area contributed by atoms with Gasteiger partial charge in [-0.3, -0.25) is 9.89 Å². The van der Waals surface area contributed by atoms with Gasteiger partial charge in [0.2, 0.25) is 11.1 Å². The van der Waals surface area contributed by atoms with Gasteiger partial charge in [0.25, 0.3) is 0 Å². The number of amides is 1. The fraction of sp³-hybridized carbons (Fsp3) is 0.125. The largest absolute Gasteiger partial charge is 0.334 e. The van der Waals surface area contributed by atoms with Crippen LogP contribution in [0.5, 0.6) is 0 Å². The van der Waals surface area contributed by atoms with Crippen molar-refractivity contribution in [3.05, 3.63) is 102 Å². The highest BCUT2D eigenvalue weighted by Crippen LogP contribution is 2.28. The first-order valence-corrected chi connectivity index (χ1v) is 10.7. The van der Waals surface area contributed by atoms with E-state index < -0.39 is 0 Å². The summed E-state index contributed by atoms with van der Waals surface area (Å²) < 4.78 is 0. The Balaban J connectivity index is 1.47. The van der Waals surface area contributed by atoms with Gasteiger partial charge in [-0.2, -0.15) is 0 Å². The molecule has 30 heavy (non-hydrogen) atoms. The summed E-state index contributed by atoms with van der Waals surface area (Å²) in [6.45, 7) is 0. The molecule has 0 fully saturated rings.